The molecule has 0 bridgehead atoms. The molecule has 0 saturated carbocycles. The fourth-order valence-corrected chi connectivity index (χ4v) is 10.2. The van der Waals surface area contributed by atoms with Crippen LogP contribution in [0, 0.1) is 5.92 Å². The van der Waals surface area contributed by atoms with Crippen molar-refractivity contribution in [3.63, 3.8) is 0 Å². The second-order valence-corrected chi connectivity index (χ2v) is 19.6. The Morgan fingerprint density at radius 1 is 0.280 bits per heavy atom. The van der Waals surface area contributed by atoms with E-state index in [1.807, 2.05) is 0 Å². The van der Waals surface area contributed by atoms with E-state index < -0.39 is 255 Å². The molecule has 21 N–H and O–H groups in total. The molecular formula is C42H72O33. The maximum atomic E-state index is 11.3. The van der Waals surface area contributed by atoms with Crippen LogP contribution in [0.2, 0.25) is 0 Å². The van der Waals surface area contributed by atoms with Crippen LogP contribution in [0.4, 0.5) is 0 Å². The van der Waals surface area contributed by atoms with Crippen LogP contribution in [-0.2, 0) is 56.8 Å². The summed E-state index contributed by atoms with van der Waals surface area (Å²) in [5.41, 5.74) is 0. The Morgan fingerprint density at radius 3 is 1.05 bits per heavy atom. The summed E-state index contributed by atoms with van der Waals surface area (Å²) in [6.45, 7) is -3.57. The Morgan fingerprint density at radius 2 is 0.600 bits per heavy atom. The number of hydrogen-bond acceptors (Lipinski definition) is 33. The van der Waals surface area contributed by atoms with E-state index in [0.717, 1.165) is 0 Å². The van der Waals surface area contributed by atoms with Crippen molar-refractivity contribution in [3.05, 3.63) is 0 Å². The molecular weight excluding hydrogens is 1030 g/mol. The van der Waals surface area contributed by atoms with Crippen molar-refractivity contribution >= 4 is 0 Å². The highest BCUT2D eigenvalue weighted by Crippen LogP contribution is 2.38. The van der Waals surface area contributed by atoms with Crippen molar-refractivity contribution in [1.82, 2.24) is 0 Å². The van der Waals surface area contributed by atoms with Gasteiger partial charge < -0.3 is 164 Å². The van der Waals surface area contributed by atoms with Gasteiger partial charge >= 0.3 is 0 Å². The first-order valence-electron chi connectivity index (χ1n) is 24.3. The van der Waals surface area contributed by atoms with Crippen molar-refractivity contribution in [2.75, 3.05) is 39.6 Å². The Labute approximate surface area is 425 Å². The standard InChI is InChI=1S/C42H72O33/c1-9-34(72-40-32(62)26(56)35(15(6-46)69-40)74-39-30(60)23(53)20(50)13(4-44)67-39)25(55)19(49)11(65-9)2-10-12(3-43)66-37(28(58)18(10)48)64-8-17-22(52)29(59)38(71-17)73-36-16(7-47)70-42(33(63)27(36)57)75-41-31(61)24(54)21(51)14(5-45)68-41/h9-63H,2-8H2,1H3. The van der Waals surface area contributed by atoms with Gasteiger partial charge in [-0.2, -0.15) is 0 Å². The Hall–Kier alpha value is -1.32. The van der Waals surface area contributed by atoms with E-state index in [-0.39, 0.29) is 0 Å². The summed E-state index contributed by atoms with van der Waals surface area (Å²) in [6.07, 6.45) is -57.6. The molecule has 7 rings (SSSR count). The fourth-order valence-electron chi connectivity index (χ4n) is 10.2. The predicted molar refractivity (Wildman–Crippen MR) is 228 cm³/mol. The molecule has 0 aromatic heterocycles. The van der Waals surface area contributed by atoms with Gasteiger partial charge in [0.05, 0.1) is 64.1 Å². The quantitative estimate of drug-likeness (QED) is 0.0606. The van der Waals surface area contributed by atoms with E-state index in [1.165, 1.54) is 6.92 Å². The molecule has 0 aromatic carbocycles. The molecule has 33 heteroatoms. The molecule has 7 fully saturated rings. The maximum Gasteiger partial charge on any atom is 0.189 e. The normalized spacial score (nSPS) is 54.0. The summed E-state index contributed by atoms with van der Waals surface area (Å²) < 4.78 is 67.0. The molecule has 75 heavy (non-hydrogen) atoms. The van der Waals surface area contributed by atoms with Gasteiger partial charge in [0.25, 0.3) is 0 Å². The van der Waals surface area contributed by atoms with Crippen LogP contribution in [0.15, 0.2) is 0 Å². The third kappa shape index (κ3) is 12.6. The smallest absolute Gasteiger partial charge is 0.189 e. The number of aliphatic hydroxyl groups is 21. The van der Waals surface area contributed by atoms with Crippen molar-refractivity contribution in [2.45, 2.75) is 216 Å². The van der Waals surface area contributed by atoms with Gasteiger partial charge in [-0.25, -0.2) is 0 Å². The topological polar surface area (TPSA) is 536 Å². The van der Waals surface area contributed by atoms with E-state index in [9.17, 15) is 107 Å². The second kappa shape index (κ2) is 26.1. The minimum atomic E-state index is -2.04. The van der Waals surface area contributed by atoms with Crippen LogP contribution < -0.4 is 0 Å². The average molecular weight is 1110 g/mol. The maximum absolute atomic E-state index is 11.3. The molecule has 0 aliphatic carbocycles. The molecule has 438 valence electrons. The Kier molecular flexibility index (Phi) is 21.3. The largest absolute Gasteiger partial charge is 0.394 e. The molecule has 7 aliphatic rings. The number of hydrogen-bond donors (Lipinski definition) is 21. The number of ether oxygens (including phenoxy) is 12. The van der Waals surface area contributed by atoms with Gasteiger partial charge in [-0.15, -0.1) is 0 Å². The molecule has 0 amide bonds. The number of rotatable bonds is 18. The zero-order valence-corrected chi connectivity index (χ0v) is 39.9. The Balaban J connectivity index is 0.900. The molecule has 34 atom stereocenters. The van der Waals surface area contributed by atoms with Crippen molar-refractivity contribution in [2.24, 2.45) is 5.92 Å². The highest BCUT2D eigenvalue weighted by Gasteiger charge is 2.57. The molecule has 34 unspecified atom stereocenters. The van der Waals surface area contributed by atoms with Crippen molar-refractivity contribution in [1.29, 1.82) is 0 Å². The zero-order valence-electron chi connectivity index (χ0n) is 39.9. The van der Waals surface area contributed by atoms with Gasteiger partial charge in [-0.05, 0) is 13.3 Å². The highest BCUT2D eigenvalue weighted by atomic mass is 16.8. The summed E-state index contributed by atoms with van der Waals surface area (Å²) in [5.74, 6) is -1.24. The van der Waals surface area contributed by atoms with Gasteiger partial charge in [0.1, 0.15) is 140 Å². The highest BCUT2D eigenvalue weighted by molar-refractivity contribution is 5.00. The van der Waals surface area contributed by atoms with Crippen LogP contribution in [0.1, 0.15) is 13.3 Å². The lowest BCUT2D eigenvalue weighted by molar-refractivity contribution is -0.384. The van der Waals surface area contributed by atoms with E-state index in [4.69, 9.17) is 56.8 Å². The third-order valence-corrected chi connectivity index (χ3v) is 14.7. The van der Waals surface area contributed by atoms with Crippen LogP contribution in [0.5, 0.6) is 0 Å². The van der Waals surface area contributed by atoms with E-state index >= 15 is 0 Å². The van der Waals surface area contributed by atoms with Gasteiger partial charge in [0.15, 0.2) is 37.7 Å². The van der Waals surface area contributed by atoms with E-state index in [2.05, 4.69) is 0 Å². The van der Waals surface area contributed by atoms with Gasteiger partial charge in [-0.3, -0.25) is 0 Å². The lowest BCUT2D eigenvalue weighted by atomic mass is 9.81. The Bertz CT molecular complexity index is 1740. The summed E-state index contributed by atoms with van der Waals surface area (Å²) in [6, 6.07) is 0. The van der Waals surface area contributed by atoms with Crippen molar-refractivity contribution < 1.29 is 164 Å². The summed E-state index contributed by atoms with van der Waals surface area (Å²) in [5, 5.41) is 221. The summed E-state index contributed by atoms with van der Waals surface area (Å²) >= 11 is 0. The van der Waals surface area contributed by atoms with Gasteiger partial charge in [-0.1, -0.05) is 0 Å². The fraction of sp³-hybridized carbons (Fsp3) is 1.00. The molecule has 7 aliphatic heterocycles. The first-order valence-corrected chi connectivity index (χ1v) is 24.3. The molecule has 0 radical (unpaired) electrons. The van der Waals surface area contributed by atoms with Crippen molar-refractivity contribution in [3.8, 4) is 0 Å². The molecule has 7 saturated heterocycles. The lowest BCUT2D eigenvalue weighted by Crippen LogP contribution is -2.66. The SMILES string of the molecule is CC1OC(CC2C(CO)OC(OCC3OC(OC4C(CO)OC(OC5OC(CO)C(O)C(O)C5O)C(O)C4O)C(O)C3O)C(O)C2O)C(O)C(O)C1OC1OC(CO)C(OC2OC(CO)C(O)C(O)C2O)C(O)C1O. The molecule has 0 spiro atoms. The van der Waals surface area contributed by atoms with E-state index in [1.54, 1.807) is 0 Å². The first kappa shape index (κ1) is 61.3. The predicted octanol–water partition coefficient (Wildman–Crippen LogP) is -13.9. The summed E-state index contributed by atoms with van der Waals surface area (Å²) in [4.78, 5) is 0. The third-order valence-electron chi connectivity index (χ3n) is 14.7. The van der Waals surface area contributed by atoms with Crippen LogP contribution in [0.25, 0.3) is 0 Å². The monoisotopic (exact) mass is 1100 g/mol. The molecule has 7 heterocycles. The second-order valence-electron chi connectivity index (χ2n) is 19.6. The average Bonchev–Trinajstić information content (AvgIpc) is 3.66. The zero-order chi connectivity index (χ0) is 55.1. The minimum Gasteiger partial charge on any atom is -0.394 e. The van der Waals surface area contributed by atoms with Crippen LogP contribution >= 0.6 is 0 Å². The van der Waals surface area contributed by atoms with E-state index in [0.29, 0.717) is 0 Å². The van der Waals surface area contributed by atoms with Crippen LogP contribution in [0.3, 0.4) is 0 Å². The van der Waals surface area contributed by atoms with Gasteiger partial charge in [0.2, 0.25) is 0 Å². The lowest BCUT2D eigenvalue weighted by Gasteiger charge is -2.49. The molecule has 0 aromatic rings. The van der Waals surface area contributed by atoms with Gasteiger partial charge in [0, 0.05) is 5.92 Å². The molecule has 33 nitrogen and oxygen atoms in total. The minimum absolute atomic E-state index is 0.396. The first-order chi connectivity index (χ1) is 35.5. The number of aliphatic hydroxyl groups excluding tert-OH is 21. The van der Waals surface area contributed by atoms with Crippen LogP contribution in [-0.4, -0.2) is 349 Å². The summed E-state index contributed by atoms with van der Waals surface area (Å²) in [7, 11) is 0.